The number of carbonyl (C=O) groups excluding carboxylic acids is 1. The molecule has 1 aromatic heterocycles. The second kappa shape index (κ2) is 5.85. The zero-order valence-corrected chi connectivity index (χ0v) is 13.9. The maximum Gasteiger partial charge on any atom is 0.254 e. The molecule has 2 aromatic rings. The van der Waals surface area contributed by atoms with E-state index in [0.717, 1.165) is 21.1 Å². The summed E-state index contributed by atoms with van der Waals surface area (Å²) in [6, 6.07) is 5.42. The lowest BCUT2D eigenvalue weighted by atomic mass is 10.1. The van der Waals surface area contributed by atoms with E-state index in [1.807, 2.05) is 46.9 Å². The van der Waals surface area contributed by atoms with Gasteiger partial charge in [0.15, 0.2) is 0 Å². The Kier molecular flexibility index (Phi) is 4.32. The average Bonchev–Trinajstić information content (AvgIpc) is 2.78. The number of hydrogen-bond acceptors (Lipinski definition) is 4. The highest BCUT2D eigenvalue weighted by Crippen LogP contribution is 2.29. The average molecular weight is 303 g/mol. The third-order valence-corrected chi connectivity index (χ3v) is 4.96. The molecule has 0 bridgehead atoms. The summed E-state index contributed by atoms with van der Waals surface area (Å²) in [5.41, 5.74) is 8.99. The molecule has 21 heavy (non-hydrogen) atoms. The van der Waals surface area contributed by atoms with E-state index in [1.165, 1.54) is 0 Å². The molecule has 1 aromatic carbocycles. The number of nitrogens with two attached hydrogens (primary N) is 1. The number of rotatable bonds is 3. The van der Waals surface area contributed by atoms with E-state index in [1.54, 1.807) is 22.3 Å². The molecule has 0 aliphatic rings. The molecule has 0 aliphatic heterocycles. The second-order valence-electron chi connectivity index (χ2n) is 5.35. The molecule has 1 amide bonds. The van der Waals surface area contributed by atoms with Gasteiger partial charge in [-0.2, -0.15) is 0 Å². The van der Waals surface area contributed by atoms with Crippen LogP contribution >= 0.6 is 11.3 Å². The van der Waals surface area contributed by atoms with Gasteiger partial charge >= 0.3 is 0 Å². The number of aryl methyl sites for hydroxylation is 3. The van der Waals surface area contributed by atoms with Gasteiger partial charge in [-0.25, -0.2) is 4.98 Å². The summed E-state index contributed by atoms with van der Waals surface area (Å²) in [6.45, 7) is 7.92. The van der Waals surface area contributed by atoms with Crippen LogP contribution < -0.4 is 5.73 Å². The van der Waals surface area contributed by atoms with Gasteiger partial charge in [0.05, 0.1) is 16.7 Å². The molecule has 1 heterocycles. The number of nitrogens with zero attached hydrogens (tertiary/aromatic N) is 2. The summed E-state index contributed by atoms with van der Waals surface area (Å²) in [6.07, 6.45) is 0. The Labute approximate surface area is 129 Å². The molecule has 4 nitrogen and oxygen atoms in total. The fraction of sp³-hybridized carbons (Fsp3) is 0.375. The first-order valence-electron chi connectivity index (χ1n) is 6.88. The summed E-state index contributed by atoms with van der Waals surface area (Å²) < 4.78 is 0. The highest BCUT2D eigenvalue weighted by Gasteiger charge is 2.23. The maximum atomic E-state index is 12.7. The van der Waals surface area contributed by atoms with Crippen LogP contribution in [0.1, 0.15) is 44.5 Å². The van der Waals surface area contributed by atoms with Gasteiger partial charge in [0.2, 0.25) is 0 Å². The van der Waals surface area contributed by atoms with E-state index in [0.29, 0.717) is 11.3 Å². The van der Waals surface area contributed by atoms with Crippen molar-refractivity contribution in [2.45, 2.75) is 33.7 Å². The Balaban J connectivity index is 2.30. The van der Waals surface area contributed by atoms with Crippen LogP contribution in [0.3, 0.4) is 0 Å². The SMILES string of the molecule is Cc1nc(C)c(C(C)N(C)C(=O)c2cc(N)ccc2C)s1. The van der Waals surface area contributed by atoms with Gasteiger partial charge in [-0.15, -0.1) is 11.3 Å². The first kappa shape index (κ1) is 15.5. The van der Waals surface area contributed by atoms with Gasteiger partial charge in [-0.05, 0) is 45.4 Å². The number of carbonyl (C=O) groups is 1. The lowest BCUT2D eigenvalue weighted by Crippen LogP contribution is -2.30. The topological polar surface area (TPSA) is 59.2 Å². The Morgan fingerprint density at radius 2 is 2.00 bits per heavy atom. The number of anilines is 1. The van der Waals surface area contributed by atoms with E-state index in [4.69, 9.17) is 5.73 Å². The van der Waals surface area contributed by atoms with Gasteiger partial charge in [-0.1, -0.05) is 6.07 Å². The molecule has 0 saturated heterocycles. The summed E-state index contributed by atoms with van der Waals surface area (Å²) >= 11 is 1.64. The van der Waals surface area contributed by atoms with Gasteiger partial charge in [0, 0.05) is 23.2 Å². The molecule has 1 atom stereocenters. The summed E-state index contributed by atoms with van der Waals surface area (Å²) in [7, 11) is 1.82. The summed E-state index contributed by atoms with van der Waals surface area (Å²) in [5, 5.41) is 1.02. The van der Waals surface area contributed by atoms with E-state index in [2.05, 4.69) is 4.98 Å². The van der Waals surface area contributed by atoms with Gasteiger partial charge in [0.1, 0.15) is 0 Å². The van der Waals surface area contributed by atoms with E-state index in [9.17, 15) is 4.79 Å². The Morgan fingerprint density at radius 1 is 1.33 bits per heavy atom. The molecule has 2 N–H and O–H groups in total. The molecular formula is C16H21N3OS. The second-order valence-corrected chi connectivity index (χ2v) is 6.58. The first-order valence-corrected chi connectivity index (χ1v) is 7.70. The van der Waals surface area contributed by atoms with Crippen molar-refractivity contribution in [2.75, 3.05) is 12.8 Å². The van der Waals surface area contributed by atoms with Crippen molar-refractivity contribution in [2.24, 2.45) is 0 Å². The minimum Gasteiger partial charge on any atom is -0.399 e. The first-order chi connectivity index (χ1) is 9.81. The van der Waals surface area contributed by atoms with Crippen LogP contribution in [0.15, 0.2) is 18.2 Å². The van der Waals surface area contributed by atoms with E-state index < -0.39 is 0 Å². The fourth-order valence-corrected chi connectivity index (χ4v) is 3.37. The van der Waals surface area contributed by atoms with Gasteiger partial charge < -0.3 is 10.6 Å². The predicted octanol–water partition coefficient (Wildman–Crippen LogP) is 3.48. The van der Waals surface area contributed by atoms with Crippen molar-refractivity contribution in [1.29, 1.82) is 0 Å². The number of aromatic nitrogens is 1. The van der Waals surface area contributed by atoms with E-state index in [-0.39, 0.29) is 11.9 Å². The van der Waals surface area contributed by atoms with Crippen molar-refractivity contribution in [1.82, 2.24) is 9.88 Å². The quantitative estimate of drug-likeness (QED) is 0.883. The molecule has 1 unspecified atom stereocenters. The highest BCUT2D eigenvalue weighted by molar-refractivity contribution is 7.11. The lowest BCUT2D eigenvalue weighted by molar-refractivity contribution is 0.0744. The normalized spacial score (nSPS) is 12.2. The van der Waals surface area contributed by atoms with Crippen LogP contribution in [0.4, 0.5) is 5.69 Å². The minimum absolute atomic E-state index is 0.00969. The summed E-state index contributed by atoms with van der Waals surface area (Å²) in [4.78, 5) is 20.0. The Morgan fingerprint density at radius 3 is 2.57 bits per heavy atom. The zero-order valence-electron chi connectivity index (χ0n) is 13.1. The molecule has 0 aliphatic carbocycles. The third kappa shape index (κ3) is 3.08. The Bertz CT molecular complexity index is 678. The molecule has 0 radical (unpaired) electrons. The van der Waals surface area contributed by atoms with Gasteiger partial charge in [0.25, 0.3) is 5.91 Å². The van der Waals surface area contributed by atoms with Crippen molar-refractivity contribution in [3.05, 3.63) is 44.9 Å². The zero-order chi connectivity index (χ0) is 15.7. The number of thiazole rings is 1. The predicted molar refractivity (Wildman–Crippen MR) is 87.7 cm³/mol. The molecule has 0 saturated carbocycles. The molecule has 0 fully saturated rings. The minimum atomic E-state index is -0.0160. The molecule has 112 valence electrons. The van der Waals surface area contributed by atoms with Crippen molar-refractivity contribution >= 4 is 22.9 Å². The molecule has 2 rings (SSSR count). The largest absolute Gasteiger partial charge is 0.399 e. The van der Waals surface area contributed by atoms with Crippen LogP contribution in [0.25, 0.3) is 0 Å². The van der Waals surface area contributed by atoms with Crippen LogP contribution in [0, 0.1) is 20.8 Å². The monoisotopic (exact) mass is 303 g/mol. The smallest absolute Gasteiger partial charge is 0.254 e. The molecule has 0 spiro atoms. The highest BCUT2D eigenvalue weighted by atomic mass is 32.1. The lowest BCUT2D eigenvalue weighted by Gasteiger charge is -2.25. The third-order valence-electron chi connectivity index (χ3n) is 3.71. The van der Waals surface area contributed by atoms with Crippen LogP contribution in [-0.2, 0) is 0 Å². The number of amides is 1. The van der Waals surface area contributed by atoms with Crippen molar-refractivity contribution in [3.63, 3.8) is 0 Å². The standard InChI is InChI=1S/C16H21N3OS/c1-9-6-7-13(17)8-14(9)16(20)19(5)11(3)15-10(2)18-12(4)21-15/h6-8,11H,17H2,1-5H3. The molecular weight excluding hydrogens is 282 g/mol. The van der Waals surface area contributed by atoms with Crippen LogP contribution in [0.5, 0.6) is 0 Å². The van der Waals surface area contributed by atoms with Gasteiger partial charge in [-0.3, -0.25) is 4.79 Å². The maximum absolute atomic E-state index is 12.7. The molecule has 5 heteroatoms. The van der Waals surface area contributed by atoms with Crippen LogP contribution in [0.2, 0.25) is 0 Å². The van der Waals surface area contributed by atoms with Crippen molar-refractivity contribution < 1.29 is 4.79 Å². The van der Waals surface area contributed by atoms with E-state index >= 15 is 0 Å². The van der Waals surface area contributed by atoms with Crippen molar-refractivity contribution in [3.8, 4) is 0 Å². The number of nitrogen functional groups attached to an aromatic ring is 1. The number of hydrogen-bond donors (Lipinski definition) is 1. The summed E-state index contributed by atoms with van der Waals surface area (Å²) in [5.74, 6) is -0.0160. The number of benzene rings is 1. The Hall–Kier alpha value is -1.88. The van der Waals surface area contributed by atoms with Crippen LogP contribution in [-0.4, -0.2) is 22.8 Å². The fourth-order valence-electron chi connectivity index (χ4n) is 2.35.